The number of rotatable bonds is 0. The standard InChI is InChI=1S/C7H3BrFNO/c8-5-1-2-6(9)4-3-10-11-7(4)5/h1-3H. The predicted molar refractivity (Wildman–Crippen MR) is 41.7 cm³/mol. The quantitative estimate of drug-likeness (QED) is 0.676. The highest BCUT2D eigenvalue weighted by Gasteiger charge is 2.07. The summed E-state index contributed by atoms with van der Waals surface area (Å²) in [6, 6.07) is 2.95. The van der Waals surface area contributed by atoms with E-state index in [0.29, 0.717) is 15.4 Å². The van der Waals surface area contributed by atoms with Crippen LogP contribution in [0.5, 0.6) is 0 Å². The molecular formula is C7H3BrFNO. The van der Waals surface area contributed by atoms with Crippen LogP contribution in [0.25, 0.3) is 11.0 Å². The van der Waals surface area contributed by atoms with Gasteiger partial charge in [-0.25, -0.2) is 4.39 Å². The number of nitrogens with zero attached hydrogens (tertiary/aromatic N) is 1. The molecule has 0 aliphatic carbocycles. The number of halogens is 2. The zero-order valence-corrected chi connectivity index (χ0v) is 6.93. The van der Waals surface area contributed by atoms with E-state index in [1.807, 2.05) is 0 Å². The second kappa shape index (κ2) is 2.30. The summed E-state index contributed by atoms with van der Waals surface area (Å²) >= 11 is 3.21. The van der Waals surface area contributed by atoms with Crippen LogP contribution in [0.15, 0.2) is 27.3 Å². The highest BCUT2D eigenvalue weighted by atomic mass is 79.9. The molecule has 2 aromatic rings. The lowest BCUT2D eigenvalue weighted by Crippen LogP contribution is -1.74. The van der Waals surface area contributed by atoms with Gasteiger partial charge in [0.15, 0.2) is 5.58 Å². The van der Waals surface area contributed by atoms with Crippen molar-refractivity contribution in [3.8, 4) is 0 Å². The van der Waals surface area contributed by atoms with E-state index in [9.17, 15) is 4.39 Å². The van der Waals surface area contributed by atoms with Crippen molar-refractivity contribution in [2.75, 3.05) is 0 Å². The van der Waals surface area contributed by atoms with E-state index in [0.717, 1.165) is 0 Å². The fourth-order valence-corrected chi connectivity index (χ4v) is 1.31. The molecule has 1 aromatic carbocycles. The first-order valence-corrected chi connectivity index (χ1v) is 3.77. The zero-order chi connectivity index (χ0) is 7.84. The molecule has 0 saturated heterocycles. The molecule has 2 nitrogen and oxygen atoms in total. The number of hydrogen-bond donors (Lipinski definition) is 0. The average Bonchev–Trinajstić information content (AvgIpc) is 2.45. The van der Waals surface area contributed by atoms with Crippen molar-refractivity contribution in [1.29, 1.82) is 0 Å². The van der Waals surface area contributed by atoms with Crippen molar-refractivity contribution in [2.45, 2.75) is 0 Å². The number of hydrogen-bond acceptors (Lipinski definition) is 2. The van der Waals surface area contributed by atoms with Crippen LogP contribution in [0.1, 0.15) is 0 Å². The summed E-state index contributed by atoms with van der Waals surface area (Å²) in [5.74, 6) is -0.315. The van der Waals surface area contributed by atoms with Gasteiger partial charge < -0.3 is 4.52 Å². The first-order valence-electron chi connectivity index (χ1n) is 2.97. The fourth-order valence-electron chi connectivity index (χ4n) is 0.894. The van der Waals surface area contributed by atoms with Crippen molar-refractivity contribution in [2.24, 2.45) is 0 Å². The summed E-state index contributed by atoms with van der Waals surface area (Å²) in [6.07, 6.45) is 1.36. The van der Waals surface area contributed by atoms with Gasteiger partial charge in [0, 0.05) is 0 Å². The Balaban J connectivity index is 2.96. The van der Waals surface area contributed by atoms with Crippen LogP contribution < -0.4 is 0 Å². The van der Waals surface area contributed by atoms with E-state index in [1.54, 1.807) is 6.07 Å². The molecule has 1 aromatic heterocycles. The number of fused-ring (bicyclic) bond motifs is 1. The van der Waals surface area contributed by atoms with Gasteiger partial charge in [0.2, 0.25) is 0 Å². The van der Waals surface area contributed by atoms with E-state index >= 15 is 0 Å². The van der Waals surface area contributed by atoms with Crippen LogP contribution in [-0.2, 0) is 0 Å². The van der Waals surface area contributed by atoms with E-state index in [-0.39, 0.29) is 5.82 Å². The lowest BCUT2D eigenvalue weighted by Gasteiger charge is -1.90. The monoisotopic (exact) mass is 215 g/mol. The molecule has 0 saturated carbocycles. The van der Waals surface area contributed by atoms with Crippen LogP contribution >= 0.6 is 15.9 Å². The Morgan fingerprint density at radius 1 is 1.45 bits per heavy atom. The van der Waals surface area contributed by atoms with Crippen molar-refractivity contribution < 1.29 is 8.91 Å². The van der Waals surface area contributed by atoms with Crippen LogP contribution in [0.4, 0.5) is 4.39 Å². The molecule has 1 heterocycles. The maximum Gasteiger partial charge on any atom is 0.183 e. The third-order valence-electron chi connectivity index (χ3n) is 1.42. The Kier molecular flexibility index (Phi) is 1.42. The summed E-state index contributed by atoms with van der Waals surface area (Å²) in [4.78, 5) is 0. The minimum Gasteiger partial charge on any atom is -0.355 e. The Morgan fingerprint density at radius 2 is 2.27 bits per heavy atom. The molecule has 0 radical (unpaired) electrons. The fraction of sp³-hybridized carbons (Fsp3) is 0. The van der Waals surface area contributed by atoms with Gasteiger partial charge >= 0.3 is 0 Å². The minimum atomic E-state index is -0.315. The Labute approximate surface area is 70.1 Å². The van der Waals surface area contributed by atoms with Crippen molar-refractivity contribution in [1.82, 2.24) is 5.16 Å². The Hall–Kier alpha value is -0.900. The van der Waals surface area contributed by atoms with E-state index in [1.165, 1.54) is 12.3 Å². The third kappa shape index (κ3) is 0.939. The van der Waals surface area contributed by atoms with Crippen LogP contribution in [-0.4, -0.2) is 5.16 Å². The van der Waals surface area contributed by atoms with E-state index in [4.69, 9.17) is 4.52 Å². The molecule has 0 fully saturated rings. The van der Waals surface area contributed by atoms with E-state index < -0.39 is 0 Å². The van der Waals surface area contributed by atoms with Gasteiger partial charge in [-0.1, -0.05) is 5.16 Å². The molecule has 0 N–H and O–H groups in total. The first-order chi connectivity index (χ1) is 5.29. The van der Waals surface area contributed by atoms with Gasteiger partial charge in [-0.2, -0.15) is 0 Å². The molecule has 11 heavy (non-hydrogen) atoms. The molecule has 0 aliphatic rings. The smallest absolute Gasteiger partial charge is 0.183 e. The van der Waals surface area contributed by atoms with Crippen molar-refractivity contribution in [3.05, 3.63) is 28.6 Å². The van der Waals surface area contributed by atoms with Gasteiger partial charge in [0.25, 0.3) is 0 Å². The van der Waals surface area contributed by atoms with Gasteiger partial charge in [0.1, 0.15) is 5.82 Å². The molecule has 0 atom stereocenters. The highest BCUT2D eigenvalue weighted by Crippen LogP contribution is 2.25. The highest BCUT2D eigenvalue weighted by molar-refractivity contribution is 9.10. The molecule has 0 unspecified atom stereocenters. The summed E-state index contributed by atoms with van der Waals surface area (Å²) in [5.41, 5.74) is 0.449. The minimum absolute atomic E-state index is 0.315. The summed E-state index contributed by atoms with van der Waals surface area (Å²) in [7, 11) is 0. The van der Waals surface area contributed by atoms with Crippen LogP contribution in [0.2, 0.25) is 0 Å². The van der Waals surface area contributed by atoms with Crippen molar-refractivity contribution in [3.63, 3.8) is 0 Å². The SMILES string of the molecule is Fc1ccc(Br)c2oncc12. The first kappa shape index (κ1) is 6.79. The molecule has 0 aliphatic heterocycles. The maximum atomic E-state index is 12.9. The van der Waals surface area contributed by atoms with E-state index in [2.05, 4.69) is 21.1 Å². The second-order valence-electron chi connectivity index (χ2n) is 2.10. The number of aromatic nitrogens is 1. The number of benzene rings is 1. The lowest BCUT2D eigenvalue weighted by atomic mass is 10.2. The van der Waals surface area contributed by atoms with Gasteiger partial charge in [-0.15, -0.1) is 0 Å². The van der Waals surface area contributed by atoms with Gasteiger partial charge in [-0.05, 0) is 28.1 Å². The molecule has 0 spiro atoms. The maximum absolute atomic E-state index is 12.9. The molecule has 56 valence electrons. The average molecular weight is 216 g/mol. The molecule has 0 amide bonds. The zero-order valence-electron chi connectivity index (χ0n) is 5.34. The Bertz CT molecular complexity index is 362. The van der Waals surface area contributed by atoms with Crippen LogP contribution in [0.3, 0.4) is 0 Å². The summed E-state index contributed by atoms with van der Waals surface area (Å²) < 4.78 is 18.4. The molecular weight excluding hydrogens is 213 g/mol. The summed E-state index contributed by atoms with van der Waals surface area (Å²) in [6.45, 7) is 0. The van der Waals surface area contributed by atoms with Gasteiger partial charge in [0.05, 0.1) is 16.1 Å². The third-order valence-corrected chi connectivity index (χ3v) is 2.05. The predicted octanol–water partition coefficient (Wildman–Crippen LogP) is 2.73. The Morgan fingerprint density at radius 3 is 3.00 bits per heavy atom. The van der Waals surface area contributed by atoms with Crippen molar-refractivity contribution >= 4 is 26.9 Å². The lowest BCUT2D eigenvalue weighted by molar-refractivity contribution is 0.455. The van der Waals surface area contributed by atoms with Crippen LogP contribution in [0, 0.1) is 5.82 Å². The largest absolute Gasteiger partial charge is 0.355 e. The van der Waals surface area contributed by atoms with Gasteiger partial charge in [-0.3, -0.25) is 0 Å². The molecule has 4 heteroatoms. The topological polar surface area (TPSA) is 26.0 Å². The molecule has 2 rings (SSSR count). The molecule has 0 bridgehead atoms. The summed E-state index contributed by atoms with van der Waals surface area (Å²) in [5, 5.41) is 3.88. The second-order valence-corrected chi connectivity index (χ2v) is 2.95. The normalized spacial score (nSPS) is 10.7.